The lowest BCUT2D eigenvalue weighted by Gasteiger charge is -2.23. The van der Waals surface area contributed by atoms with Gasteiger partial charge in [0.15, 0.2) is 0 Å². The molecule has 0 saturated heterocycles. The van der Waals surface area contributed by atoms with Crippen LogP contribution in [-0.2, 0) is 4.79 Å². The number of benzene rings is 2. The van der Waals surface area contributed by atoms with Gasteiger partial charge < -0.3 is 4.74 Å². The van der Waals surface area contributed by atoms with E-state index < -0.39 is 0 Å². The second kappa shape index (κ2) is 7.48. The normalized spacial score (nSPS) is 10.2. The summed E-state index contributed by atoms with van der Waals surface area (Å²) in [6.45, 7) is 2.09. The van der Waals surface area contributed by atoms with Gasteiger partial charge in [-0.2, -0.15) is 0 Å². The molecule has 0 heterocycles. The predicted molar refractivity (Wildman–Crippen MR) is 86.1 cm³/mol. The number of ether oxygens (including phenoxy) is 1. The second-order valence-corrected chi connectivity index (χ2v) is 4.87. The molecule has 0 bridgehead atoms. The fraction of sp³-hybridized carbons (Fsp3) is 0.278. The number of rotatable bonds is 6. The highest BCUT2D eigenvalue weighted by atomic mass is 16.5. The molecule has 0 aliphatic heterocycles. The number of methoxy groups -OCH3 is 1. The second-order valence-electron chi connectivity index (χ2n) is 4.87. The minimum Gasteiger partial charge on any atom is -0.497 e. The zero-order chi connectivity index (χ0) is 15.1. The maximum absolute atomic E-state index is 12.6. The van der Waals surface area contributed by atoms with Crippen molar-refractivity contribution in [2.24, 2.45) is 0 Å². The number of para-hydroxylation sites is 1. The zero-order valence-corrected chi connectivity index (χ0v) is 12.6. The third kappa shape index (κ3) is 3.85. The highest BCUT2D eigenvalue weighted by molar-refractivity contribution is 6.00. The van der Waals surface area contributed by atoms with Gasteiger partial charge in [0.05, 0.1) is 7.11 Å². The van der Waals surface area contributed by atoms with Gasteiger partial charge in [0.2, 0.25) is 5.91 Å². The van der Waals surface area contributed by atoms with E-state index in [4.69, 9.17) is 4.74 Å². The monoisotopic (exact) mass is 283 g/mol. The lowest BCUT2D eigenvalue weighted by atomic mass is 10.2. The molecule has 2 aromatic carbocycles. The van der Waals surface area contributed by atoms with Crippen molar-refractivity contribution in [3.8, 4) is 5.75 Å². The van der Waals surface area contributed by atoms with E-state index in [0.29, 0.717) is 6.42 Å². The molecule has 3 nitrogen and oxygen atoms in total. The largest absolute Gasteiger partial charge is 0.497 e. The smallest absolute Gasteiger partial charge is 0.231 e. The standard InChI is InChI=1S/C18H21NO2/c1-3-4-10-18(20)19(15-8-6-5-7-9-15)16-11-13-17(21-2)14-12-16/h5-9,11-14H,3-4,10H2,1-2H3. The molecule has 0 saturated carbocycles. The first-order chi connectivity index (χ1) is 10.3. The van der Waals surface area contributed by atoms with Crippen LogP contribution in [0.2, 0.25) is 0 Å². The maximum Gasteiger partial charge on any atom is 0.231 e. The molecule has 2 aromatic rings. The number of hydrogen-bond acceptors (Lipinski definition) is 2. The summed E-state index contributed by atoms with van der Waals surface area (Å²) in [6, 6.07) is 17.3. The van der Waals surface area contributed by atoms with Crippen LogP contribution in [0.15, 0.2) is 54.6 Å². The number of amides is 1. The first-order valence-electron chi connectivity index (χ1n) is 7.28. The summed E-state index contributed by atoms with van der Waals surface area (Å²) in [7, 11) is 1.64. The highest BCUT2D eigenvalue weighted by Crippen LogP contribution is 2.28. The molecule has 0 unspecified atom stereocenters. The van der Waals surface area contributed by atoms with Gasteiger partial charge in [-0.25, -0.2) is 0 Å². The molecule has 0 aliphatic rings. The van der Waals surface area contributed by atoms with Crippen LogP contribution in [0, 0.1) is 0 Å². The fourth-order valence-electron chi connectivity index (χ4n) is 2.19. The summed E-state index contributed by atoms with van der Waals surface area (Å²) in [4.78, 5) is 14.3. The third-order valence-electron chi connectivity index (χ3n) is 3.34. The summed E-state index contributed by atoms with van der Waals surface area (Å²) in [5, 5.41) is 0. The summed E-state index contributed by atoms with van der Waals surface area (Å²) in [5.41, 5.74) is 1.76. The van der Waals surface area contributed by atoms with Gasteiger partial charge in [-0.15, -0.1) is 0 Å². The lowest BCUT2D eigenvalue weighted by Crippen LogP contribution is -2.25. The van der Waals surface area contributed by atoms with Crippen LogP contribution in [0.5, 0.6) is 5.75 Å². The van der Waals surface area contributed by atoms with Crippen molar-refractivity contribution in [2.45, 2.75) is 26.2 Å². The molecule has 0 N–H and O–H groups in total. The minimum absolute atomic E-state index is 0.119. The molecule has 3 heteroatoms. The van der Waals surface area contributed by atoms with Crippen molar-refractivity contribution < 1.29 is 9.53 Å². The van der Waals surface area contributed by atoms with Gasteiger partial charge in [-0.3, -0.25) is 9.69 Å². The van der Waals surface area contributed by atoms with E-state index in [9.17, 15) is 4.79 Å². The van der Waals surface area contributed by atoms with Gasteiger partial charge >= 0.3 is 0 Å². The van der Waals surface area contributed by atoms with Crippen LogP contribution < -0.4 is 9.64 Å². The van der Waals surface area contributed by atoms with E-state index in [1.165, 1.54) is 0 Å². The Morgan fingerprint density at radius 3 is 2.19 bits per heavy atom. The average Bonchev–Trinajstić information content (AvgIpc) is 2.55. The van der Waals surface area contributed by atoms with Crippen LogP contribution in [0.4, 0.5) is 11.4 Å². The van der Waals surface area contributed by atoms with Gasteiger partial charge in [0.25, 0.3) is 0 Å². The summed E-state index contributed by atoms with van der Waals surface area (Å²) in [6.07, 6.45) is 2.47. The number of unbranched alkanes of at least 4 members (excludes halogenated alkanes) is 1. The Labute approximate surface area is 126 Å². The van der Waals surface area contributed by atoms with Gasteiger partial charge in [0, 0.05) is 17.8 Å². The average molecular weight is 283 g/mol. The summed E-state index contributed by atoms with van der Waals surface area (Å²) in [5.74, 6) is 0.904. The molecular formula is C18H21NO2. The van der Waals surface area contributed by atoms with E-state index in [-0.39, 0.29) is 5.91 Å². The van der Waals surface area contributed by atoms with Crippen LogP contribution in [0.1, 0.15) is 26.2 Å². The Kier molecular flexibility index (Phi) is 5.38. The van der Waals surface area contributed by atoms with E-state index in [0.717, 1.165) is 30.0 Å². The fourth-order valence-corrected chi connectivity index (χ4v) is 2.19. The van der Waals surface area contributed by atoms with Crippen molar-refractivity contribution in [1.82, 2.24) is 0 Å². The Hall–Kier alpha value is -2.29. The lowest BCUT2D eigenvalue weighted by molar-refractivity contribution is -0.118. The first kappa shape index (κ1) is 15.1. The summed E-state index contributed by atoms with van der Waals surface area (Å²) < 4.78 is 5.18. The van der Waals surface area contributed by atoms with Crippen molar-refractivity contribution >= 4 is 17.3 Å². The summed E-state index contributed by atoms with van der Waals surface area (Å²) >= 11 is 0. The Balaban J connectivity index is 2.32. The number of carbonyl (C=O) groups excluding carboxylic acids is 1. The molecule has 0 aliphatic carbocycles. The van der Waals surface area contributed by atoms with Crippen molar-refractivity contribution in [3.05, 3.63) is 54.6 Å². The Morgan fingerprint density at radius 2 is 1.62 bits per heavy atom. The quantitative estimate of drug-likeness (QED) is 0.778. The van der Waals surface area contributed by atoms with Crippen molar-refractivity contribution in [2.75, 3.05) is 12.0 Å². The third-order valence-corrected chi connectivity index (χ3v) is 3.34. The Morgan fingerprint density at radius 1 is 1.00 bits per heavy atom. The maximum atomic E-state index is 12.6. The zero-order valence-electron chi connectivity index (χ0n) is 12.6. The van der Waals surface area contributed by atoms with E-state index in [1.54, 1.807) is 12.0 Å². The van der Waals surface area contributed by atoms with Crippen LogP contribution in [-0.4, -0.2) is 13.0 Å². The van der Waals surface area contributed by atoms with E-state index >= 15 is 0 Å². The molecule has 21 heavy (non-hydrogen) atoms. The number of nitrogens with zero attached hydrogens (tertiary/aromatic N) is 1. The number of hydrogen-bond donors (Lipinski definition) is 0. The van der Waals surface area contributed by atoms with E-state index in [1.807, 2.05) is 54.6 Å². The SMILES string of the molecule is CCCCC(=O)N(c1ccccc1)c1ccc(OC)cc1. The minimum atomic E-state index is 0.119. The molecule has 0 atom stereocenters. The van der Waals surface area contributed by atoms with Crippen molar-refractivity contribution in [3.63, 3.8) is 0 Å². The molecule has 110 valence electrons. The molecule has 0 spiro atoms. The van der Waals surface area contributed by atoms with Crippen LogP contribution in [0.3, 0.4) is 0 Å². The predicted octanol–water partition coefficient (Wildman–Crippen LogP) is 4.55. The van der Waals surface area contributed by atoms with Crippen LogP contribution >= 0.6 is 0 Å². The molecule has 2 rings (SSSR count). The molecule has 0 aromatic heterocycles. The van der Waals surface area contributed by atoms with E-state index in [2.05, 4.69) is 6.92 Å². The number of carbonyl (C=O) groups is 1. The highest BCUT2D eigenvalue weighted by Gasteiger charge is 2.17. The van der Waals surface area contributed by atoms with Gasteiger partial charge in [-0.05, 0) is 42.8 Å². The molecular weight excluding hydrogens is 262 g/mol. The molecule has 0 radical (unpaired) electrons. The molecule has 0 fully saturated rings. The Bertz CT molecular complexity index is 564. The van der Waals surface area contributed by atoms with Crippen molar-refractivity contribution in [1.29, 1.82) is 0 Å². The number of anilines is 2. The first-order valence-corrected chi connectivity index (χ1v) is 7.28. The van der Waals surface area contributed by atoms with Gasteiger partial charge in [-0.1, -0.05) is 31.5 Å². The topological polar surface area (TPSA) is 29.5 Å². The molecule has 1 amide bonds. The van der Waals surface area contributed by atoms with Gasteiger partial charge in [0.1, 0.15) is 5.75 Å². The van der Waals surface area contributed by atoms with Crippen LogP contribution in [0.25, 0.3) is 0 Å².